The van der Waals surface area contributed by atoms with Crippen molar-refractivity contribution in [3.05, 3.63) is 27.7 Å². The molecule has 0 fully saturated rings. The van der Waals surface area contributed by atoms with Gasteiger partial charge in [0, 0.05) is 5.54 Å². The van der Waals surface area contributed by atoms with Crippen molar-refractivity contribution in [3.63, 3.8) is 0 Å². The molecule has 2 rings (SSSR count). The molecule has 0 saturated heterocycles. The van der Waals surface area contributed by atoms with Crippen molar-refractivity contribution in [3.8, 4) is 0 Å². The van der Waals surface area contributed by atoms with Crippen LogP contribution >= 0.6 is 23.2 Å². The lowest BCUT2D eigenvalue weighted by Gasteiger charge is -2.34. The van der Waals surface area contributed by atoms with E-state index in [9.17, 15) is 0 Å². The second-order valence-electron chi connectivity index (χ2n) is 4.40. The molecule has 0 bridgehead atoms. The average molecular weight is 230 g/mol. The number of aryl methyl sites for hydroxylation is 1. The van der Waals surface area contributed by atoms with Crippen LogP contribution < -0.4 is 5.32 Å². The van der Waals surface area contributed by atoms with E-state index in [0.717, 1.165) is 18.5 Å². The minimum atomic E-state index is 0.112. The summed E-state index contributed by atoms with van der Waals surface area (Å²) in [6.07, 6.45) is 2.18. The van der Waals surface area contributed by atoms with Gasteiger partial charge in [-0.2, -0.15) is 0 Å². The number of nitrogens with one attached hydrogen (secondary N) is 1. The maximum absolute atomic E-state index is 6.14. The van der Waals surface area contributed by atoms with E-state index in [4.69, 9.17) is 23.2 Å². The molecule has 76 valence electrons. The van der Waals surface area contributed by atoms with Crippen molar-refractivity contribution >= 4 is 28.9 Å². The molecule has 0 amide bonds. The van der Waals surface area contributed by atoms with Crippen LogP contribution in [-0.4, -0.2) is 5.54 Å². The van der Waals surface area contributed by atoms with Gasteiger partial charge in [-0.05, 0) is 38.3 Å². The minimum absolute atomic E-state index is 0.112. The molecule has 0 spiro atoms. The Kier molecular flexibility index (Phi) is 2.40. The lowest BCUT2D eigenvalue weighted by molar-refractivity contribution is 0.502. The van der Waals surface area contributed by atoms with Gasteiger partial charge in [0.1, 0.15) is 0 Å². The van der Waals surface area contributed by atoms with Gasteiger partial charge in [0.2, 0.25) is 0 Å². The molecular weight excluding hydrogens is 217 g/mol. The fraction of sp³-hybridized carbons (Fsp3) is 0.455. The van der Waals surface area contributed by atoms with Gasteiger partial charge in [0.25, 0.3) is 0 Å². The van der Waals surface area contributed by atoms with Crippen molar-refractivity contribution in [2.75, 3.05) is 5.32 Å². The molecule has 0 saturated carbocycles. The normalized spacial score (nSPS) is 18.6. The number of benzene rings is 1. The van der Waals surface area contributed by atoms with E-state index in [-0.39, 0.29) is 5.54 Å². The van der Waals surface area contributed by atoms with Gasteiger partial charge in [-0.15, -0.1) is 0 Å². The summed E-state index contributed by atoms with van der Waals surface area (Å²) in [7, 11) is 0. The molecule has 0 radical (unpaired) electrons. The van der Waals surface area contributed by atoms with Crippen LogP contribution in [0.3, 0.4) is 0 Å². The second-order valence-corrected chi connectivity index (χ2v) is 5.19. The highest BCUT2D eigenvalue weighted by atomic mass is 35.5. The molecule has 14 heavy (non-hydrogen) atoms. The predicted octanol–water partition coefficient (Wildman–Crippen LogP) is 4.13. The van der Waals surface area contributed by atoms with E-state index in [1.54, 1.807) is 0 Å². The van der Waals surface area contributed by atoms with Crippen LogP contribution in [0, 0.1) is 0 Å². The largest absolute Gasteiger partial charge is 0.379 e. The third-order valence-corrected chi connectivity index (χ3v) is 3.47. The van der Waals surface area contributed by atoms with Crippen LogP contribution in [0.15, 0.2) is 12.1 Å². The Morgan fingerprint density at radius 1 is 1.29 bits per heavy atom. The molecule has 1 nitrogen and oxygen atoms in total. The molecule has 0 unspecified atom stereocenters. The average Bonchev–Trinajstić information content (AvgIpc) is 2.11. The molecule has 1 aliphatic rings. The second kappa shape index (κ2) is 3.32. The van der Waals surface area contributed by atoms with Crippen molar-refractivity contribution in [2.24, 2.45) is 0 Å². The molecule has 1 N–H and O–H groups in total. The maximum Gasteiger partial charge on any atom is 0.0826 e. The molecular formula is C11H13Cl2N. The SMILES string of the molecule is CC1(C)CCc2ccc(Cl)c(Cl)c2N1. The van der Waals surface area contributed by atoms with Gasteiger partial charge in [0.15, 0.2) is 0 Å². The highest BCUT2D eigenvalue weighted by Crippen LogP contribution is 2.39. The number of fused-ring (bicyclic) bond motifs is 1. The first kappa shape index (κ1) is 10.1. The van der Waals surface area contributed by atoms with E-state index in [1.165, 1.54) is 5.56 Å². The predicted molar refractivity (Wildman–Crippen MR) is 62.5 cm³/mol. The lowest BCUT2D eigenvalue weighted by Crippen LogP contribution is -2.35. The summed E-state index contributed by atoms with van der Waals surface area (Å²) in [5, 5.41) is 4.70. The Morgan fingerprint density at radius 3 is 2.71 bits per heavy atom. The van der Waals surface area contributed by atoms with Crippen molar-refractivity contribution in [1.82, 2.24) is 0 Å². The monoisotopic (exact) mass is 229 g/mol. The van der Waals surface area contributed by atoms with E-state index in [0.29, 0.717) is 10.0 Å². The van der Waals surface area contributed by atoms with Crippen LogP contribution in [0.4, 0.5) is 5.69 Å². The Bertz CT molecular complexity index is 372. The molecule has 0 atom stereocenters. The molecule has 0 aromatic heterocycles. The topological polar surface area (TPSA) is 12.0 Å². The first-order valence-electron chi connectivity index (χ1n) is 4.75. The number of hydrogen-bond donors (Lipinski definition) is 1. The van der Waals surface area contributed by atoms with Crippen LogP contribution in [0.5, 0.6) is 0 Å². The zero-order chi connectivity index (χ0) is 10.3. The fourth-order valence-corrected chi connectivity index (χ4v) is 2.17. The zero-order valence-electron chi connectivity index (χ0n) is 8.32. The highest BCUT2D eigenvalue weighted by molar-refractivity contribution is 6.43. The third-order valence-electron chi connectivity index (χ3n) is 2.66. The Morgan fingerprint density at radius 2 is 2.00 bits per heavy atom. The van der Waals surface area contributed by atoms with Gasteiger partial charge in [0.05, 0.1) is 15.7 Å². The van der Waals surface area contributed by atoms with Crippen molar-refractivity contribution in [1.29, 1.82) is 0 Å². The first-order chi connectivity index (χ1) is 6.49. The van der Waals surface area contributed by atoms with E-state index >= 15 is 0 Å². The summed E-state index contributed by atoms with van der Waals surface area (Å²) in [6, 6.07) is 3.91. The molecule has 0 aliphatic carbocycles. The quantitative estimate of drug-likeness (QED) is 0.706. The molecule has 1 heterocycles. The number of hydrogen-bond acceptors (Lipinski definition) is 1. The minimum Gasteiger partial charge on any atom is -0.379 e. The molecule has 3 heteroatoms. The Labute approximate surface area is 94.4 Å². The number of anilines is 1. The van der Waals surface area contributed by atoms with E-state index in [1.807, 2.05) is 12.1 Å². The van der Waals surface area contributed by atoms with Crippen molar-refractivity contribution < 1.29 is 0 Å². The van der Waals surface area contributed by atoms with Gasteiger partial charge in [-0.25, -0.2) is 0 Å². The molecule has 1 aromatic rings. The maximum atomic E-state index is 6.14. The van der Waals surface area contributed by atoms with E-state index < -0.39 is 0 Å². The summed E-state index contributed by atoms with van der Waals surface area (Å²) in [5.74, 6) is 0. The van der Waals surface area contributed by atoms with Gasteiger partial charge in [-0.1, -0.05) is 29.3 Å². The fourth-order valence-electron chi connectivity index (χ4n) is 1.78. The Balaban J connectivity index is 2.49. The van der Waals surface area contributed by atoms with Gasteiger partial charge < -0.3 is 5.32 Å². The zero-order valence-corrected chi connectivity index (χ0v) is 9.84. The van der Waals surface area contributed by atoms with Crippen LogP contribution in [-0.2, 0) is 6.42 Å². The van der Waals surface area contributed by atoms with E-state index in [2.05, 4.69) is 19.2 Å². The summed E-state index contributed by atoms with van der Waals surface area (Å²) in [4.78, 5) is 0. The first-order valence-corrected chi connectivity index (χ1v) is 5.50. The number of rotatable bonds is 0. The molecule has 1 aliphatic heterocycles. The van der Waals surface area contributed by atoms with Gasteiger partial charge in [-0.3, -0.25) is 0 Å². The summed E-state index contributed by atoms with van der Waals surface area (Å²) in [5.41, 5.74) is 2.38. The van der Waals surface area contributed by atoms with Crippen LogP contribution in [0.1, 0.15) is 25.8 Å². The molecule has 1 aromatic carbocycles. The standard InChI is InChI=1S/C11H13Cl2N/c1-11(2)6-5-7-3-4-8(12)9(13)10(7)14-11/h3-4,14H,5-6H2,1-2H3. The van der Waals surface area contributed by atoms with Crippen molar-refractivity contribution in [2.45, 2.75) is 32.2 Å². The van der Waals surface area contributed by atoms with Crippen LogP contribution in [0.25, 0.3) is 0 Å². The lowest BCUT2D eigenvalue weighted by atomic mass is 9.89. The van der Waals surface area contributed by atoms with Gasteiger partial charge >= 0.3 is 0 Å². The summed E-state index contributed by atoms with van der Waals surface area (Å²) >= 11 is 12.1. The number of halogens is 2. The Hall–Kier alpha value is -0.400. The highest BCUT2D eigenvalue weighted by Gasteiger charge is 2.26. The summed E-state index contributed by atoms with van der Waals surface area (Å²) in [6.45, 7) is 4.35. The van der Waals surface area contributed by atoms with Crippen LogP contribution in [0.2, 0.25) is 10.0 Å². The third kappa shape index (κ3) is 1.71. The summed E-state index contributed by atoms with van der Waals surface area (Å²) < 4.78 is 0. The smallest absolute Gasteiger partial charge is 0.0826 e.